The molecule has 0 aliphatic rings. The van der Waals surface area contributed by atoms with Crippen molar-refractivity contribution in [3.63, 3.8) is 0 Å². The molecule has 29 heavy (non-hydrogen) atoms. The standard InChI is InChI=1S/C23H27N3O3/c1-6-19(28-20-11-10-16(3)12-17(20)4)23(27)26(5)14-21-24-22(25-29-21)18-9-7-8-15(2)13-18/h7-13,19H,6,14H2,1-5H3/t19-/m0/s1. The Hall–Kier alpha value is -3.15. The number of carbonyl (C=O) groups excluding carboxylic acids is 1. The zero-order chi connectivity index (χ0) is 21.0. The molecule has 6 nitrogen and oxygen atoms in total. The summed E-state index contributed by atoms with van der Waals surface area (Å²) in [6.45, 7) is 8.18. The first-order chi connectivity index (χ1) is 13.9. The van der Waals surface area contributed by atoms with E-state index in [4.69, 9.17) is 9.26 Å². The molecule has 0 aliphatic carbocycles. The van der Waals surface area contributed by atoms with Crippen LogP contribution in [0.25, 0.3) is 11.4 Å². The minimum Gasteiger partial charge on any atom is -0.480 e. The fraction of sp³-hybridized carbons (Fsp3) is 0.348. The molecule has 0 unspecified atom stereocenters. The normalized spacial score (nSPS) is 11.9. The first-order valence-electron chi connectivity index (χ1n) is 9.76. The molecule has 0 N–H and O–H groups in total. The van der Waals surface area contributed by atoms with Gasteiger partial charge in [0.1, 0.15) is 5.75 Å². The monoisotopic (exact) mass is 393 g/mol. The molecule has 0 fully saturated rings. The van der Waals surface area contributed by atoms with Gasteiger partial charge >= 0.3 is 0 Å². The van der Waals surface area contributed by atoms with Crippen LogP contribution in [0.4, 0.5) is 0 Å². The molecule has 0 saturated carbocycles. The number of nitrogens with zero attached hydrogens (tertiary/aromatic N) is 3. The van der Waals surface area contributed by atoms with Gasteiger partial charge in [0.05, 0.1) is 6.54 Å². The number of carbonyl (C=O) groups is 1. The number of ether oxygens (including phenoxy) is 1. The molecule has 3 aromatic rings. The predicted octanol–water partition coefficient (Wildman–Crippen LogP) is 4.48. The molecule has 6 heteroatoms. The Morgan fingerprint density at radius 2 is 1.90 bits per heavy atom. The highest BCUT2D eigenvalue weighted by Crippen LogP contribution is 2.22. The summed E-state index contributed by atoms with van der Waals surface area (Å²) in [7, 11) is 1.72. The van der Waals surface area contributed by atoms with Crippen molar-refractivity contribution in [1.29, 1.82) is 0 Å². The van der Waals surface area contributed by atoms with Crippen molar-refractivity contribution in [2.45, 2.75) is 46.8 Å². The summed E-state index contributed by atoms with van der Waals surface area (Å²) in [5, 5.41) is 4.04. The summed E-state index contributed by atoms with van der Waals surface area (Å²) in [5.74, 6) is 1.51. The SMILES string of the molecule is CC[C@H](Oc1ccc(C)cc1C)C(=O)N(C)Cc1nc(-c2cccc(C)c2)no1. The fourth-order valence-electron chi connectivity index (χ4n) is 3.14. The largest absolute Gasteiger partial charge is 0.480 e. The molecule has 0 spiro atoms. The van der Waals surface area contributed by atoms with E-state index in [2.05, 4.69) is 10.1 Å². The van der Waals surface area contributed by atoms with Crippen LogP contribution >= 0.6 is 0 Å². The highest BCUT2D eigenvalue weighted by Gasteiger charge is 2.24. The number of hydrogen-bond acceptors (Lipinski definition) is 5. The van der Waals surface area contributed by atoms with E-state index in [1.807, 2.05) is 70.2 Å². The highest BCUT2D eigenvalue weighted by atomic mass is 16.5. The number of aryl methyl sites for hydroxylation is 3. The van der Waals surface area contributed by atoms with E-state index in [0.717, 1.165) is 28.0 Å². The van der Waals surface area contributed by atoms with Gasteiger partial charge in [0.15, 0.2) is 6.10 Å². The Morgan fingerprint density at radius 1 is 1.14 bits per heavy atom. The van der Waals surface area contributed by atoms with Crippen LogP contribution in [0.1, 0.15) is 35.9 Å². The van der Waals surface area contributed by atoms with Crippen LogP contribution in [0.2, 0.25) is 0 Å². The number of benzene rings is 2. The Kier molecular flexibility index (Phi) is 6.32. The molecule has 0 radical (unpaired) electrons. The van der Waals surface area contributed by atoms with Crippen molar-refractivity contribution in [2.24, 2.45) is 0 Å². The average molecular weight is 393 g/mol. The van der Waals surface area contributed by atoms with Crippen LogP contribution in [0.5, 0.6) is 5.75 Å². The second-order valence-electron chi connectivity index (χ2n) is 7.36. The third kappa shape index (κ3) is 5.02. The van der Waals surface area contributed by atoms with Crippen LogP contribution in [0.3, 0.4) is 0 Å². The number of aromatic nitrogens is 2. The van der Waals surface area contributed by atoms with E-state index in [1.165, 1.54) is 0 Å². The zero-order valence-electron chi connectivity index (χ0n) is 17.6. The van der Waals surface area contributed by atoms with Gasteiger partial charge in [0.2, 0.25) is 11.7 Å². The molecule has 0 bridgehead atoms. The highest BCUT2D eigenvalue weighted by molar-refractivity contribution is 5.81. The van der Waals surface area contributed by atoms with E-state index in [-0.39, 0.29) is 12.5 Å². The van der Waals surface area contributed by atoms with Crippen LogP contribution in [-0.2, 0) is 11.3 Å². The summed E-state index contributed by atoms with van der Waals surface area (Å²) in [5.41, 5.74) is 4.18. The Balaban J connectivity index is 1.67. The van der Waals surface area contributed by atoms with Gasteiger partial charge in [-0.1, -0.05) is 53.5 Å². The van der Waals surface area contributed by atoms with E-state index in [0.29, 0.717) is 18.1 Å². The third-order valence-corrected chi connectivity index (χ3v) is 4.74. The van der Waals surface area contributed by atoms with Gasteiger partial charge in [-0.15, -0.1) is 0 Å². The Labute approximate surface area is 171 Å². The molecule has 1 heterocycles. The molecule has 3 rings (SSSR count). The average Bonchev–Trinajstić information content (AvgIpc) is 3.15. The van der Waals surface area contributed by atoms with Gasteiger partial charge in [-0.25, -0.2) is 0 Å². The van der Waals surface area contributed by atoms with Crippen molar-refractivity contribution in [3.8, 4) is 17.1 Å². The van der Waals surface area contributed by atoms with Gasteiger partial charge in [-0.2, -0.15) is 4.98 Å². The van der Waals surface area contributed by atoms with Gasteiger partial charge in [-0.05, 0) is 44.9 Å². The van der Waals surface area contributed by atoms with Gasteiger partial charge < -0.3 is 14.2 Å². The maximum atomic E-state index is 12.9. The summed E-state index contributed by atoms with van der Waals surface area (Å²) >= 11 is 0. The molecular weight excluding hydrogens is 366 g/mol. The maximum Gasteiger partial charge on any atom is 0.263 e. The minimum absolute atomic E-state index is 0.122. The predicted molar refractivity (Wildman–Crippen MR) is 112 cm³/mol. The van der Waals surface area contributed by atoms with Crippen LogP contribution < -0.4 is 4.74 Å². The molecule has 0 saturated heterocycles. The lowest BCUT2D eigenvalue weighted by Gasteiger charge is -2.23. The number of hydrogen-bond donors (Lipinski definition) is 0. The number of rotatable bonds is 7. The van der Waals surface area contributed by atoms with Crippen molar-refractivity contribution in [3.05, 3.63) is 65.0 Å². The summed E-state index contributed by atoms with van der Waals surface area (Å²) in [6, 6.07) is 13.8. The van der Waals surface area contributed by atoms with E-state index in [9.17, 15) is 4.79 Å². The second kappa shape index (κ2) is 8.90. The van der Waals surface area contributed by atoms with Crippen molar-refractivity contribution >= 4 is 5.91 Å². The molecular formula is C23H27N3O3. The fourth-order valence-corrected chi connectivity index (χ4v) is 3.14. The molecule has 1 aromatic heterocycles. The topological polar surface area (TPSA) is 68.5 Å². The van der Waals surface area contributed by atoms with Gasteiger partial charge in [0, 0.05) is 12.6 Å². The van der Waals surface area contributed by atoms with Gasteiger partial charge in [0.25, 0.3) is 5.91 Å². The molecule has 152 valence electrons. The lowest BCUT2D eigenvalue weighted by atomic mass is 10.1. The first-order valence-corrected chi connectivity index (χ1v) is 9.76. The van der Waals surface area contributed by atoms with Crippen LogP contribution in [0.15, 0.2) is 47.0 Å². The summed E-state index contributed by atoms with van der Waals surface area (Å²) < 4.78 is 11.3. The zero-order valence-corrected chi connectivity index (χ0v) is 17.6. The van der Waals surface area contributed by atoms with Crippen LogP contribution in [-0.4, -0.2) is 34.1 Å². The summed E-state index contributed by atoms with van der Waals surface area (Å²) in [6.07, 6.45) is -0.00457. The maximum absolute atomic E-state index is 12.9. The van der Waals surface area contributed by atoms with E-state index in [1.54, 1.807) is 11.9 Å². The Morgan fingerprint density at radius 3 is 2.59 bits per heavy atom. The van der Waals surface area contributed by atoms with Gasteiger partial charge in [-0.3, -0.25) is 4.79 Å². The molecule has 1 atom stereocenters. The number of amides is 1. The smallest absolute Gasteiger partial charge is 0.263 e. The lowest BCUT2D eigenvalue weighted by molar-refractivity contribution is -0.138. The minimum atomic E-state index is -0.569. The molecule has 1 amide bonds. The molecule has 0 aliphatic heterocycles. The Bertz CT molecular complexity index is 997. The van der Waals surface area contributed by atoms with Crippen LogP contribution in [0, 0.1) is 20.8 Å². The molecule has 2 aromatic carbocycles. The van der Waals surface area contributed by atoms with E-state index >= 15 is 0 Å². The first kappa shape index (κ1) is 20.6. The van der Waals surface area contributed by atoms with Crippen molar-refractivity contribution in [1.82, 2.24) is 15.0 Å². The van der Waals surface area contributed by atoms with Crippen molar-refractivity contribution < 1.29 is 14.1 Å². The van der Waals surface area contributed by atoms with Crippen molar-refractivity contribution in [2.75, 3.05) is 7.05 Å². The summed E-state index contributed by atoms with van der Waals surface area (Å²) in [4.78, 5) is 18.9. The second-order valence-corrected chi connectivity index (χ2v) is 7.36. The van der Waals surface area contributed by atoms with E-state index < -0.39 is 6.10 Å². The quantitative estimate of drug-likeness (QED) is 0.592. The number of likely N-dealkylation sites (N-methyl/N-ethyl adjacent to an activating group) is 1. The third-order valence-electron chi connectivity index (χ3n) is 4.74. The lowest BCUT2D eigenvalue weighted by Crippen LogP contribution is -2.39.